The average molecular weight is 538 g/mol. The van der Waals surface area contributed by atoms with E-state index in [1.165, 1.54) is 18.3 Å². The van der Waals surface area contributed by atoms with Gasteiger partial charge in [-0.2, -0.15) is 0 Å². The maximum atomic E-state index is 14.4. The molecule has 3 aliphatic rings. The zero-order valence-corrected chi connectivity index (χ0v) is 21.2. The van der Waals surface area contributed by atoms with Gasteiger partial charge in [0.05, 0.1) is 17.2 Å². The Kier molecular flexibility index (Phi) is 6.20. The number of fused-ring (bicyclic) bond motifs is 4. The topological polar surface area (TPSA) is 89.9 Å². The number of carbonyl (C=O) groups excluding carboxylic acids is 2. The third-order valence-corrected chi connectivity index (χ3v) is 7.67. The highest BCUT2D eigenvalue weighted by Crippen LogP contribution is 2.53. The lowest BCUT2D eigenvalue weighted by atomic mass is 10.0. The summed E-state index contributed by atoms with van der Waals surface area (Å²) in [6.07, 6.45) is 3.10. The molecule has 10 heteroatoms. The predicted octanol–water partition coefficient (Wildman–Crippen LogP) is 3.84. The zero-order chi connectivity index (χ0) is 26.4. The van der Waals surface area contributed by atoms with Gasteiger partial charge in [-0.05, 0) is 30.9 Å². The number of aromatic nitrogens is 1. The Morgan fingerprint density at radius 1 is 1.16 bits per heavy atom. The van der Waals surface area contributed by atoms with Gasteiger partial charge in [-0.1, -0.05) is 54.1 Å². The number of nitrogens with zero attached hydrogens (tertiary/aromatic N) is 2. The van der Waals surface area contributed by atoms with Crippen LogP contribution in [0.2, 0.25) is 5.02 Å². The van der Waals surface area contributed by atoms with Crippen LogP contribution in [-0.2, 0) is 23.4 Å². The molecule has 2 fully saturated rings. The van der Waals surface area contributed by atoms with Crippen molar-refractivity contribution >= 4 is 23.4 Å². The summed E-state index contributed by atoms with van der Waals surface area (Å²) in [4.78, 5) is 42.3. The predicted molar refractivity (Wildman–Crippen MR) is 137 cm³/mol. The third-order valence-electron chi connectivity index (χ3n) is 7.37. The van der Waals surface area contributed by atoms with Crippen molar-refractivity contribution in [1.29, 1.82) is 0 Å². The van der Waals surface area contributed by atoms with Gasteiger partial charge in [0.15, 0.2) is 17.7 Å². The average Bonchev–Trinajstić information content (AvgIpc) is 3.74. The van der Waals surface area contributed by atoms with Gasteiger partial charge in [-0.15, -0.1) is 0 Å². The van der Waals surface area contributed by atoms with Crippen molar-refractivity contribution in [2.45, 2.75) is 44.2 Å². The van der Waals surface area contributed by atoms with E-state index in [9.17, 15) is 18.8 Å². The van der Waals surface area contributed by atoms with Crippen LogP contribution in [0.25, 0.3) is 0 Å². The largest absolute Gasteiger partial charge is 0.483 e. The summed E-state index contributed by atoms with van der Waals surface area (Å²) in [6, 6.07) is 13.7. The lowest BCUT2D eigenvalue weighted by molar-refractivity contribution is -0.120. The lowest BCUT2D eigenvalue weighted by Gasteiger charge is -2.46. The Morgan fingerprint density at radius 3 is 2.71 bits per heavy atom. The Labute approximate surface area is 222 Å². The minimum absolute atomic E-state index is 0.0437. The number of rotatable bonds is 6. The highest BCUT2D eigenvalue weighted by atomic mass is 35.5. The first-order valence-electron chi connectivity index (χ1n) is 12.5. The quantitative estimate of drug-likeness (QED) is 0.516. The van der Waals surface area contributed by atoms with Crippen LogP contribution in [0.3, 0.4) is 0 Å². The van der Waals surface area contributed by atoms with Crippen LogP contribution in [0.15, 0.2) is 59.5 Å². The van der Waals surface area contributed by atoms with Gasteiger partial charge in [0, 0.05) is 24.8 Å². The molecule has 38 heavy (non-hydrogen) atoms. The third kappa shape index (κ3) is 4.06. The minimum atomic E-state index is -0.704. The standard InChI is InChI=1S/C28H25ClFN3O5/c29-20-9-4-8-18(21(20)30)14-31-25(35)19-15-33-22(24(23(19)34)38-16-17-6-2-1-3-7-17)26(36)32-12-5-13-37-27(32)28(33)10-11-28/h1-4,6-9,15,27H,5,10-14,16H2,(H,31,35). The summed E-state index contributed by atoms with van der Waals surface area (Å²) in [5.41, 5.74) is -0.344. The Morgan fingerprint density at radius 2 is 1.95 bits per heavy atom. The Balaban J connectivity index is 1.41. The summed E-state index contributed by atoms with van der Waals surface area (Å²) in [5, 5.41) is 2.55. The summed E-state index contributed by atoms with van der Waals surface area (Å²) >= 11 is 5.86. The van der Waals surface area contributed by atoms with E-state index < -0.39 is 28.9 Å². The molecule has 1 spiro atoms. The molecule has 3 aromatic rings. The molecule has 2 aliphatic heterocycles. The van der Waals surface area contributed by atoms with Crippen molar-refractivity contribution in [2.24, 2.45) is 0 Å². The van der Waals surface area contributed by atoms with Crippen LogP contribution in [0, 0.1) is 5.82 Å². The van der Waals surface area contributed by atoms with Crippen molar-refractivity contribution in [1.82, 2.24) is 14.8 Å². The van der Waals surface area contributed by atoms with E-state index in [2.05, 4.69) is 5.32 Å². The second-order valence-corrected chi connectivity index (χ2v) is 10.2. The summed E-state index contributed by atoms with van der Waals surface area (Å²) in [5.74, 6) is -1.87. The van der Waals surface area contributed by atoms with Gasteiger partial charge in [-0.3, -0.25) is 14.4 Å². The molecule has 1 saturated heterocycles. The fourth-order valence-corrected chi connectivity index (χ4v) is 5.48. The van der Waals surface area contributed by atoms with Crippen LogP contribution in [0.4, 0.5) is 4.39 Å². The minimum Gasteiger partial charge on any atom is -0.483 e. The second-order valence-electron chi connectivity index (χ2n) is 9.77. The molecule has 196 valence electrons. The molecule has 6 rings (SSSR count). The van der Waals surface area contributed by atoms with Gasteiger partial charge in [0.2, 0.25) is 5.43 Å². The van der Waals surface area contributed by atoms with E-state index in [0.717, 1.165) is 18.4 Å². The molecule has 0 radical (unpaired) electrons. The highest BCUT2D eigenvalue weighted by molar-refractivity contribution is 6.30. The molecule has 1 unspecified atom stereocenters. The Bertz CT molecular complexity index is 1490. The number of hydrogen-bond donors (Lipinski definition) is 1. The molecule has 1 aromatic heterocycles. The molecule has 3 heterocycles. The fourth-order valence-electron chi connectivity index (χ4n) is 5.29. The molecule has 8 nitrogen and oxygen atoms in total. The van der Waals surface area contributed by atoms with E-state index in [1.54, 1.807) is 15.5 Å². The fraction of sp³-hybridized carbons (Fsp3) is 0.321. The van der Waals surface area contributed by atoms with Gasteiger partial charge in [0.1, 0.15) is 18.0 Å². The maximum Gasteiger partial charge on any atom is 0.276 e. The lowest BCUT2D eigenvalue weighted by Crippen LogP contribution is -2.59. The van der Waals surface area contributed by atoms with E-state index in [1.807, 2.05) is 30.3 Å². The van der Waals surface area contributed by atoms with Crippen LogP contribution in [0.5, 0.6) is 5.75 Å². The number of hydrogen-bond acceptors (Lipinski definition) is 5. The summed E-state index contributed by atoms with van der Waals surface area (Å²) in [6.45, 7) is 0.922. The van der Waals surface area contributed by atoms with Gasteiger partial charge in [-0.25, -0.2) is 4.39 Å². The van der Waals surface area contributed by atoms with E-state index >= 15 is 0 Å². The van der Waals surface area contributed by atoms with Crippen molar-refractivity contribution in [3.63, 3.8) is 0 Å². The monoisotopic (exact) mass is 537 g/mol. The number of carbonyl (C=O) groups is 2. The number of ether oxygens (including phenoxy) is 2. The second kappa shape index (κ2) is 9.56. The SMILES string of the molecule is O=C(NCc1cccc(Cl)c1F)c1cn2c(c(OCc3ccccc3)c1=O)C(=O)N1CCCOC1C21CC1. The molecule has 2 amide bonds. The molecular weight excluding hydrogens is 513 g/mol. The summed E-state index contributed by atoms with van der Waals surface area (Å²) in [7, 11) is 0. The zero-order valence-electron chi connectivity index (χ0n) is 20.4. The number of pyridine rings is 1. The Hall–Kier alpha value is -3.69. The van der Waals surface area contributed by atoms with Crippen LogP contribution in [-0.4, -0.2) is 40.7 Å². The molecule has 2 aromatic carbocycles. The van der Waals surface area contributed by atoms with E-state index in [4.69, 9.17) is 21.1 Å². The maximum absolute atomic E-state index is 14.4. The van der Waals surface area contributed by atoms with Crippen molar-refractivity contribution < 1.29 is 23.5 Å². The van der Waals surface area contributed by atoms with Crippen LogP contribution in [0.1, 0.15) is 51.2 Å². The van der Waals surface area contributed by atoms with Gasteiger partial charge in [0.25, 0.3) is 11.8 Å². The molecule has 1 atom stereocenters. The van der Waals surface area contributed by atoms with E-state index in [0.29, 0.717) is 19.6 Å². The number of halogens is 2. The van der Waals surface area contributed by atoms with Crippen LogP contribution < -0.4 is 15.5 Å². The highest BCUT2D eigenvalue weighted by Gasteiger charge is 2.60. The van der Waals surface area contributed by atoms with Crippen molar-refractivity contribution in [3.05, 3.63) is 98.2 Å². The van der Waals surface area contributed by atoms with Crippen molar-refractivity contribution in [2.75, 3.05) is 13.2 Å². The molecular formula is C28H25ClFN3O5. The van der Waals surface area contributed by atoms with Gasteiger partial charge >= 0.3 is 0 Å². The first kappa shape index (κ1) is 24.6. The van der Waals surface area contributed by atoms with E-state index in [-0.39, 0.29) is 46.7 Å². The summed E-state index contributed by atoms with van der Waals surface area (Å²) < 4.78 is 28.1. The van der Waals surface area contributed by atoms with Crippen LogP contribution >= 0.6 is 11.6 Å². The molecule has 1 N–H and O–H groups in total. The smallest absolute Gasteiger partial charge is 0.276 e. The number of benzene rings is 2. The number of amides is 2. The first-order valence-corrected chi connectivity index (χ1v) is 12.9. The molecule has 0 bridgehead atoms. The first-order chi connectivity index (χ1) is 18.4. The molecule has 1 saturated carbocycles. The van der Waals surface area contributed by atoms with Gasteiger partial charge < -0.3 is 24.3 Å². The normalized spacial score (nSPS) is 19.1. The van der Waals surface area contributed by atoms with Crippen molar-refractivity contribution in [3.8, 4) is 5.75 Å². The molecule has 1 aliphatic carbocycles. The number of nitrogens with one attached hydrogen (secondary N) is 1.